The fraction of sp³-hybridized carbons (Fsp3) is 0.735. The molecular formula is C34H54N4O3. The van der Waals surface area contributed by atoms with E-state index in [0.29, 0.717) is 30.8 Å². The molecule has 0 spiro atoms. The predicted molar refractivity (Wildman–Crippen MR) is 165 cm³/mol. The number of piperidine rings is 1. The van der Waals surface area contributed by atoms with Crippen LogP contribution in [0.4, 0.5) is 0 Å². The summed E-state index contributed by atoms with van der Waals surface area (Å²) < 4.78 is 0. The molecule has 3 fully saturated rings. The number of rotatable bonds is 14. The first-order chi connectivity index (χ1) is 19.8. The molecule has 41 heavy (non-hydrogen) atoms. The van der Waals surface area contributed by atoms with Crippen LogP contribution in [0.2, 0.25) is 0 Å². The average Bonchev–Trinajstić information content (AvgIpc) is 3.43. The van der Waals surface area contributed by atoms with Crippen LogP contribution < -0.4 is 10.6 Å². The van der Waals surface area contributed by atoms with Crippen molar-refractivity contribution in [2.45, 2.75) is 121 Å². The van der Waals surface area contributed by atoms with Crippen molar-refractivity contribution < 1.29 is 14.4 Å². The summed E-state index contributed by atoms with van der Waals surface area (Å²) in [5, 5.41) is 6.78. The summed E-state index contributed by atoms with van der Waals surface area (Å²) in [6.45, 7) is 6.85. The Morgan fingerprint density at radius 1 is 1.00 bits per heavy atom. The maximum Gasteiger partial charge on any atom is 0.245 e. The summed E-state index contributed by atoms with van der Waals surface area (Å²) in [7, 11) is 2.13. The highest BCUT2D eigenvalue weighted by Crippen LogP contribution is 2.34. The van der Waals surface area contributed by atoms with Crippen LogP contribution in [0.25, 0.3) is 0 Å². The van der Waals surface area contributed by atoms with Gasteiger partial charge in [0.05, 0.1) is 6.04 Å². The van der Waals surface area contributed by atoms with Gasteiger partial charge in [-0.3, -0.25) is 14.4 Å². The number of amides is 2. The highest BCUT2D eigenvalue weighted by Gasteiger charge is 2.39. The number of nitrogens with zero attached hydrogens (tertiary/aromatic N) is 2. The second-order valence-corrected chi connectivity index (χ2v) is 13.2. The molecule has 0 aromatic heterocycles. The molecule has 1 aromatic carbocycles. The number of nitrogens with one attached hydrogen (secondary N) is 2. The number of ketones is 1. The van der Waals surface area contributed by atoms with Crippen LogP contribution in [0.3, 0.4) is 0 Å². The molecule has 2 saturated heterocycles. The fourth-order valence-electron chi connectivity index (χ4n) is 6.96. The highest BCUT2D eigenvalue weighted by atomic mass is 16.2. The third-order valence-electron chi connectivity index (χ3n) is 9.83. The standard InChI is InChI=1S/C34H54N4O3/c1-25(2)37(3)19-13-10-17-28(24-32(39)30-23-27-16-8-9-18-29(27)35-30)33(40)36-31(22-26-14-6-4-7-15-26)34(41)38-20-11-5-12-21-38/h4,6-7,14-15,25,27-31,35H,5,8-13,16-24H2,1-3H3,(H,36,40)/t27-,28+,29-,30-,31-/m0/s1. The maximum atomic E-state index is 13.9. The Balaban J connectivity index is 1.43. The molecule has 2 N–H and O–H groups in total. The molecule has 7 heteroatoms. The Kier molecular flexibility index (Phi) is 12.2. The van der Waals surface area contributed by atoms with E-state index in [1.165, 1.54) is 19.3 Å². The highest BCUT2D eigenvalue weighted by molar-refractivity contribution is 5.92. The largest absolute Gasteiger partial charge is 0.344 e. The Morgan fingerprint density at radius 2 is 1.73 bits per heavy atom. The van der Waals surface area contributed by atoms with Crippen molar-refractivity contribution in [2.24, 2.45) is 11.8 Å². The van der Waals surface area contributed by atoms with E-state index in [2.05, 4.69) is 36.4 Å². The third-order valence-corrected chi connectivity index (χ3v) is 9.83. The number of carbonyl (C=O) groups is 3. The molecule has 1 aliphatic carbocycles. The van der Waals surface area contributed by atoms with Crippen molar-refractivity contribution in [1.29, 1.82) is 0 Å². The Hall–Kier alpha value is -2.25. The van der Waals surface area contributed by atoms with E-state index in [1.807, 2.05) is 35.2 Å². The van der Waals surface area contributed by atoms with Gasteiger partial charge in [-0.25, -0.2) is 0 Å². The quantitative estimate of drug-likeness (QED) is 0.318. The lowest BCUT2D eigenvalue weighted by atomic mass is 9.84. The van der Waals surface area contributed by atoms with Gasteiger partial charge < -0.3 is 20.4 Å². The van der Waals surface area contributed by atoms with E-state index in [0.717, 1.165) is 70.1 Å². The molecule has 4 rings (SSSR count). The van der Waals surface area contributed by atoms with E-state index >= 15 is 0 Å². The van der Waals surface area contributed by atoms with Crippen LogP contribution in [0, 0.1) is 11.8 Å². The molecule has 1 aromatic rings. The molecule has 5 atom stereocenters. The van der Waals surface area contributed by atoms with Crippen LogP contribution in [0.1, 0.15) is 96.5 Å². The molecule has 7 nitrogen and oxygen atoms in total. The first-order valence-electron chi connectivity index (χ1n) is 16.4. The van der Waals surface area contributed by atoms with E-state index in [-0.39, 0.29) is 30.1 Å². The summed E-state index contributed by atoms with van der Waals surface area (Å²) in [5.41, 5.74) is 1.03. The lowest BCUT2D eigenvalue weighted by Crippen LogP contribution is -2.52. The summed E-state index contributed by atoms with van der Waals surface area (Å²) in [6.07, 6.45) is 12.2. The van der Waals surface area contributed by atoms with Gasteiger partial charge in [0.15, 0.2) is 5.78 Å². The molecule has 2 amide bonds. The number of unbranched alkanes of at least 4 members (excludes halogenated alkanes) is 1. The Bertz CT molecular complexity index is 963. The van der Waals surface area contributed by atoms with Crippen molar-refractivity contribution in [2.75, 3.05) is 26.7 Å². The first kappa shape index (κ1) is 31.7. The monoisotopic (exact) mass is 566 g/mol. The van der Waals surface area contributed by atoms with E-state index in [9.17, 15) is 14.4 Å². The smallest absolute Gasteiger partial charge is 0.245 e. The van der Waals surface area contributed by atoms with Crippen molar-refractivity contribution in [3.05, 3.63) is 35.9 Å². The van der Waals surface area contributed by atoms with Gasteiger partial charge in [0, 0.05) is 43.9 Å². The molecule has 2 aliphatic heterocycles. The van der Waals surface area contributed by atoms with Crippen LogP contribution in [-0.2, 0) is 20.8 Å². The average molecular weight is 567 g/mol. The van der Waals surface area contributed by atoms with Gasteiger partial charge in [0.1, 0.15) is 6.04 Å². The Labute approximate surface area is 248 Å². The van der Waals surface area contributed by atoms with Gasteiger partial charge in [0.2, 0.25) is 11.8 Å². The molecule has 0 unspecified atom stereocenters. The van der Waals surface area contributed by atoms with Gasteiger partial charge in [-0.2, -0.15) is 0 Å². The number of benzene rings is 1. The molecule has 1 saturated carbocycles. The zero-order chi connectivity index (χ0) is 29.2. The number of hydrogen-bond acceptors (Lipinski definition) is 5. The number of fused-ring (bicyclic) bond motifs is 1. The summed E-state index contributed by atoms with van der Waals surface area (Å²) in [6, 6.07) is 10.1. The minimum atomic E-state index is -0.611. The van der Waals surface area contributed by atoms with Gasteiger partial charge in [-0.05, 0) is 90.3 Å². The lowest BCUT2D eigenvalue weighted by Gasteiger charge is -2.31. The SMILES string of the molecule is CC(C)N(C)CCCC[C@H](CC(=O)[C@@H]1C[C@@H]2CCCC[C@@H]2N1)C(=O)N[C@@H](Cc1ccccc1)C(=O)N1CCCCC1. The number of carbonyl (C=O) groups excluding carboxylic acids is 3. The van der Waals surface area contributed by atoms with Crippen molar-refractivity contribution in [1.82, 2.24) is 20.4 Å². The first-order valence-corrected chi connectivity index (χ1v) is 16.4. The second-order valence-electron chi connectivity index (χ2n) is 13.2. The van der Waals surface area contributed by atoms with Gasteiger partial charge in [0.25, 0.3) is 0 Å². The van der Waals surface area contributed by atoms with Crippen LogP contribution in [0.5, 0.6) is 0 Å². The molecule has 0 bridgehead atoms. The van der Waals surface area contributed by atoms with Gasteiger partial charge in [-0.1, -0.05) is 49.6 Å². The molecule has 2 heterocycles. The predicted octanol–water partition coefficient (Wildman–Crippen LogP) is 4.73. The summed E-state index contributed by atoms with van der Waals surface area (Å²) >= 11 is 0. The number of likely N-dealkylation sites (tertiary alicyclic amines) is 1. The van der Waals surface area contributed by atoms with Crippen molar-refractivity contribution in [3.63, 3.8) is 0 Å². The normalized spacial score (nSPS) is 24.2. The van der Waals surface area contributed by atoms with Crippen LogP contribution >= 0.6 is 0 Å². The molecular weight excluding hydrogens is 512 g/mol. The van der Waals surface area contributed by atoms with Crippen molar-refractivity contribution in [3.8, 4) is 0 Å². The minimum Gasteiger partial charge on any atom is -0.344 e. The Morgan fingerprint density at radius 3 is 2.44 bits per heavy atom. The maximum absolute atomic E-state index is 13.9. The molecule has 3 aliphatic rings. The number of Topliss-reactive ketones (excluding diaryl/α,β-unsaturated/α-hetero) is 1. The zero-order valence-electron chi connectivity index (χ0n) is 25.8. The van der Waals surface area contributed by atoms with Crippen LogP contribution in [-0.4, -0.2) is 78.2 Å². The van der Waals surface area contributed by atoms with Gasteiger partial charge in [-0.15, -0.1) is 0 Å². The topological polar surface area (TPSA) is 81.8 Å². The van der Waals surface area contributed by atoms with E-state index < -0.39 is 12.0 Å². The van der Waals surface area contributed by atoms with E-state index in [4.69, 9.17) is 0 Å². The lowest BCUT2D eigenvalue weighted by molar-refractivity contribution is -0.138. The molecule has 0 radical (unpaired) electrons. The van der Waals surface area contributed by atoms with Crippen molar-refractivity contribution >= 4 is 17.6 Å². The zero-order valence-corrected chi connectivity index (χ0v) is 25.8. The summed E-state index contributed by atoms with van der Waals surface area (Å²) in [5.74, 6) is 0.211. The summed E-state index contributed by atoms with van der Waals surface area (Å²) in [4.78, 5) is 45.4. The van der Waals surface area contributed by atoms with Gasteiger partial charge >= 0.3 is 0 Å². The molecule has 228 valence electrons. The fourth-order valence-corrected chi connectivity index (χ4v) is 6.96. The third kappa shape index (κ3) is 9.37. The number of hydrogen-bond donors (Lipinski definition) is 2. The van der Waals surface area contributed by atoms with E-state index in [1.54, 1.807) is 0 Å². The second kappa shape index (κ2) is 15.8. The van der Waals surface area contributed by atoms with Crippen LogP contribution in [0.15, 0.2) is 30.3 Å². The minimum absolute atomic E-state index is 0.00655.